The van der Waals surface area contributed by atoms with Crippen LogP contribution in [0.15, 0.2) is 0 Å². The molecule has 0 heterocycles. The van der Waals surface area contributed by atoms with Crippen molar-refractivity contribution in [3.05, 3.63) is 0 Å². The number of unbranched alkanes of at least 4 members (excludes halogenated alkanes) is 1. The molecule has 3 N–H and O–H groups in total. The standard InChI is InChI=1S/C7H16N2O3S/c1-13(11,12)6-7(10)9-5-3-2-4-8/h2-6,8H2,1H3,(H,9,10). The Morgan fingerprint density at radius 2 is 2.00 bits per heavy atom. The molecule has 0 aliphatic rings. The third-order valence-electron chi connectivity index (χ3n) is 1.35. The fourth-order valence-corrected chi connectivity index (χ4v) is 1.36. The zero-order chi connectivity index (χ0) is 10.3. The lowest BCUT2D eigenvalue weighted by Gasteiger charge is -2.02. The lowest BCUT2D eigenvalue weighted by atomic mass is 10.3. The predicted molar refractivity (Wildman–Crippen MR) is 51.0 cm³/mol. The number of hydrogen-bond acceptors (Lipinski definition) is 4. The first-order valence-electron chi connectivity index (χ1n) is 4.10. The van der Waals surface area contributed by atoms with Crippen molar-refractivity contribution in [2.24, 2.45) is 5.73 Å². The van der Waals surface area contributed by atoms with Crippen LogP contribution in [-0.4, -0.2) is 39.4 Å². The van der Waals surface area contributed by atoms with Gasteiger partial charge in [0.2, 0.25) is 5.91 Å². The predicted octanol–water partition coefficient (Wildman–Crippen LogP) is -1.11. The second-order valence-corrected chi connectivity index (χ2v) is 5.06. The number of rotatable bonds is 6. The number of amides is 1. The second kappa shape index (κ2) is 5.93. The molecule has 0 radical (unpaired) electrons. The molecule has 0 unspecified atom stereocenters. The van der Waals surface area contributed by atoms with Crippen molar-refractivity contribution in [2.75, 3.05) is 25.1 Å². The number of nitrogens with one attached hydrogen (secondary N) is 1. The average Bonchev–Trinajstić information content (AvgIpc) is 1.94. The fourth-order valence-electron chi connectivity index (χ4n) is 0.786. The first-order valence-corrected chi connectivity index (χ1v) is 6.16. The number of carbonyl (C=O) groups is 1. The van der Waals surface area contributed by atoms with E-state index < -0.39 is 21.5 Å². The molecule has 1 amide bonds. The molecule has 0 aromatic carbocycles. The van der Waals surface area contributed by atoms with Crippen molar-refractivity contribution in [3.8, 4) is 0 Å². The normalized spacial score (nSPS) is 11.2. The van der Waals surface area contributed by atoms with E-state index in [9.17, 15) is 13.2 Å². The Morgan fingerprint density at radius 1 is 1.38 bits per heavy atom. The van der Waals surface area contributed by atoms with Crippen molar-refractivity contribution in [3.63, 3.8) is 0 Å². The van der Waals surface area contributed by atoms with Crippen molar-refractivity contribution in [1.82, 2.24) is 5.32 Å². The summed E-state index contributed by atoms with van der Waals surface area (Å²) in [7, 11) is -3.20. The van der Waals surface area contributed by atoms with Crippen LogP contribution in [0.5, 0.6) is 0 Å². The van der Waals surface area contributed by atoms with Gasteiger partial charge in [-0.05, 0) is 19.4 Å². The lowest BCUT2D eigenvalue weighted by Crippen LogP contribution is -2.30. The van der Waals surface area contributed by atoms with Crippen LogP contribution in [-0.2, 0) is 14.6 Å². The number of hydrogen-bond donors (Lipinski definition) is 2. The minimum atomic E-state index is -3.20. The van der Waals surface area contributed by atoms with Gasteiger partial charge in [0, 0.05) is 12.8 Å². The molecular formula is C7H16N2O3S. The van der Waals surface area contributed by atoms with Gasteiger partial charge in [-0.1, -0.05) is 0 Å². The topological polar surface area (TPSA) is 89.3 Å². The number of carbonyl (C=O) groups excluding carboxylic acids is 1. The van der Waals surface area contributed by atoms with E-state index in [2.05, 4.69) is 5.32 Å². The van der Waals surface area contributed by atoms with Gasteiger partial charge in [-0.15, -0.1) is 0 Å². The molecule has 0 aromatic heterocycles. The maximum Gasteiger partial charge on any atom is 0.235 e. The smallest absolute Gasteiger partial charge is 0.235 e. The van der Waals surface area contributed by atoms with E-state index in [0.29, 0.717) is 13.1 Å². The molecule has 13 heavy (non-hydrogen) atoms. The Labute approximate surface area is 78.6 Å². The number of nitrogens with two attached hydrogens (primary N) is 1. The zero-order valence-electron chi connectivity index (χ0n) is 7.75. The summed E-state index contributed by atoms with van der Waals surface area (Å²) in [5, 5.41) is 2.50. The first-order chi connectivity index (χ1) is 5.95. The van der Waals surface area contributed by atoms with Crippen LogP contribution >= 0.6 is 0 Å². The van der Waals surface area contributed by atoms with Gasteiger partial charge in [-0.25, -0.2) is 8.42 Å². The molecule has 0 aliphatic carbocycles. The van der Waals surface area contributed by atoms with Gasteiger partial charge in [0.1, 0.15) is 5.75 Å². The van der Waals surface area contributed by atoms with Crippen LogP contribution in [0.3, 0.4) is 0 Å². The van der Waals surface area contributed by atoms with Gasteiger partial charge in [0.15, 0.2) is 9.84 Å². The first kappa shape index (κ1) is 12.4. The van der Waals surface area contributed by atoms with Gasteiger partial charge in [0.25, 0.3) is 0 Å². The molecule has 0 rings (SSSR count). The summed E-state index contributed by atoms with van der Waals surface area (Å²) in [6, 6.07) is 0. The van der Waals surface area contributed by atoms with Gasteiger partial charge in [-0.3, -0.25) is 4.79 Å². The maximum absolute atomic E-state index is 10.9. The van der Waals surface area contributed by atoms with Crippen LogP contribution in [0.2, 0.25) is 0 Å². The molecule has 0 atom stereocenters. The Hall–Kier alpha value is -0.620. The van der Waals surface area contributed by atoms with E-state index in [4.69, 9.17) is 5.73 Å². The largest absolute Gasteiger partial charge is 0.355 e. The third-order valence-corrected chi connectivity index (χ3v) is 2.13. The Kier molecular flexibility index (Phi) is 5.65. The minimum Gasteiger partial charge on any atom is -0.355 e. The quantitative estimate of drug-likeness (QED) is 0.541. The van der Waals surface area contributed by atoms with Crippen molar-refractivity contribution >= 4 is 15.7 Å². The van der Waals surface area contributed by atoms with Crippen LogP contribution in [0.4, 0.5) is 0 Å². The summed E-state index contributed by atoms with van der Waals surface area (Å²) in [4.78, 5) is 10.9. The summed E-state index contributed by atoms with van der Waals surface area (Å²) in [5.41, 5.74) is 5.24. The zero-order valence-corrected chi connectivity index (χ0v) is 8.56. The van der Waals surface area contributed by atoms with Crippen LogP contribution < -0.4 is 11.1 Å². The Balaban J connectivity index is 3.53. The minimum absolute atomic E-state index is 0.435. The van der Waals surface area contributed by atoms with Crippen molar-refractivity contribution in [2.45, 2.75) is 12.8 Å². The van der Waals surface area contributed by atoms with Crippen molar-refractivity contribution in [1.29, 1.82) is 0 Å². The molecule has 0 fully saturated rings. The van der Waals surface area contributed by atoms with Gasteiger partial charge in [-0.2, -0.15) is 0 Å². The van der Waals surface area contributed by atoms with Crippen LogP contribution in [0, 0.1) is 0 Å². The SMILES string of the molecule is CS(=O)(=O)CC(=O)NCCCCN. The van der Waals surface area contributed by atoms with E-state index >= 15 is 0 Å². The van der Waals surface area contributed by atoms with E-state index in [1.54, 1.807) is 0 Å². The summed E-state index contributed by atoms with van der Waals surface area (Å²) >= 11 is 0. The molecule has 0 aliphatic heterocycles. The summed E-state index contributed by atoms with van der Waals surface area (Å²) in [6.45, 7) is 1.08. The molecule has 0 saturated carbocycles. The highest BCUT2D eigenvalue weighted by molar-refractivity contribution is 7.91. The summed E-state index contributed by atoms with van der Waals surface area (Å²) in [6.07, 6.45) is 2.65. The molecule has 0 spiro atoms. The number of sulfone groups is 1. The monoisotopic (exact) mass is 208 g/mol. The Morgan fingerprint density at radius 3 is 2.46 bits per heavy atom. The molecule has 5 nitrogen and oxygen atoms in total. The highest BCUT2D eigenvalue weighted by atomic mass is 32.2. The lowest BCUT2D eigenvalue weighted by molar-refractivity contribution is -0.118. The molecule has 78 valence electrons. The molecular weight excluding hydrogens is 192 g/mol. The van der Waals surface area contributed by atoms with Crippen molar-refractivity contribution < 1.29 is 13.2 Å². The van der Waals surface area contributed by atoms with Crippen LogP contribution in [0.1, 0.15) is 12.8 Å². The van der Waals surface area contributed by atoms with Gasteiger partial charge in [0.05, 0.1) is 0 Å². The van der Waals surface area contributed by atoms with Gasteiger partial charge >= 0.3 is 0 Å². The van der Waals surface area contributed by atoms with Crippen LogP contribution in [0.25, 0.3) is 0 Å². The molecule has 0 bridgehead atoms. The van der Waals surface area contributed by atoms with Gasteiger partial charge < -0.3 is 11.1 Å². The molecule has 6 heteroatoms. The van der Waals surface area contributed by atoms with E-state index in [1.165, 1.54) is 0 Å². The maximum atomic E-state index is 10.9. The molecule has 0 saturated heterocycles. The summed E-state index contributed by atoms with van der Waals surface area (Å²) in [5.74, 6) is -0.880. The Bertz CT molecular complexity index is 248. The third kappa shape index (κ3) is 9.29. The van der Waals surface area contributed by atoms with E-state index in [0.717, 1.165) is 19.1 Å². The average molecular weight is 208 g/mol. The molecule has 0 aromatic rings. The highest BCUT2D eigenvalue weighted by Crippen LogP contribution is 1.85. The van der Waals surface area contributed by atoms with E-state index in [1.807, 2.05) is 0 Å². The fraction of sp³-hybridized carbons (Fsp3) is 0.857. The summed E-state index contributed by atoms with van der Waals surface area (Å²) < 4.78 is 21.3. The second-order valence-electron chi connectivity index (χ2n) is 2.92. The highest BCUT2D eigenvalue weighted by Gasteiger charge is 2.09. The van der Waals surface area contributed by atoms with E-state index in [-0.39, 0.29) is 0 Å².